The fraction of sp³-hybridized carbons (Fsp3) is 0.533. The molecule has 1 heterocycles. The van der Waals surface area contributed by atoms with Crippen LogP contribution in [0.4, 0.5) is 5.69 Å². The smallest absolute Gasteiger partial charge is 0.240 e. The molecule has 0 aromatic heterocycles. The van der Waals surface area contributed by atoms with Crippen molar-refractivity contribution >= 4 is 21.6 Å². The minimum atomic E-state index is -3.60. The Balaban J connectivity index is 2.33. The minimum absolute atomic E-state index is 0.117. The van der Waals surface area contributed by atoms with Gasteiger partial charge in [-0.3, -0.25) is 4.79 Å². The lowest BCUT2D eigenvalue weighted by Gasteiger charge is -2.17. The van der Waals surface area contributed by atoms with Gasteiger partial charge in [0, 0.05) is 25.9 Å². The predicted molar refractivity (Wildman–Crippen MR) is 84.5 cm³/mol. The van der Waals surface area contributed by atoms with Crippen molar-refractivity contribution in [1.82, 2.24) is 4.72 Å². The van der Waals surface area contributed by atoms with Crippen molar-refractivity contribution in [3.8, 4) is 0 Å². The zero-order valence-corrected chi connectivity index (χ0v) is 14.1. The van der Waals surface area contributed by atoms with Crippen LogP contribution in [-0.2, 0) is 25.0 Å². The number of benzene rings is 1. The molecule has 0 unspecified atom stereocenters. The van der Waals surface area contributed by atoms with E-state index in [0.29, 0.717) is 25.3 Å². The molecule has 1 amide bonds. The van der Waals surface area contributed by atoms with Crippen molar-refractivity contribution in [1.29, 1.82) is 0 Å². The lowest BCUT2D eigenvalue weighted by Crippen LogP contribution is -2.28. The molecule has 0 spiro atoms. The number of hydrogen-bond donors (Lipinski definition) is 2. The van der Waals surface area contributed by atoms with E-state index in [4.69, 9.17) is 4.74 Å². The van der Waals surface area contributed by atoms with Crippen LogP contribution in [0.5, 0.6) is 0 Å². The second-order valence-corrected chi connectivity index (χ2v) is 7.75. The quantitative estimate of drug-likeness (QED) is 0.777. The van der Waals surface area contributed by atoms with E-state index in [1.807, 2.05) is 0 Å². The van der Waals surface area contributed by atoms with Crippen LogP contribution in [0.1, 0.15) is 31.4 Å². The summed E-state index contributed by atoms with van der Waals surface area (Å²) < 4.78 is 32.2. The van der Waals surface area contributed by atoms with Crippen molar-refractivity contribution in [2.24, 2.45) is 0 Å². The van der Waals surface area contributed by atoms with Gasteiger partial charge >= 0.3 is 0 Å². The highest BCUT2D eigenvalue weighted by Crippen LogP contribution is 2.40. The molecule has 1 aliphatic heterocycles. The van der Waals surface area contributed by atoms with Crippen molar-refractivity contribution in [3.05, 3.63) is 23.3 Å². The normalized spacial score (nSPS) is 16.5. The number of amides is 1. The van der Waals surface area contributed by atoms with E-state index in [1.165, 1.54) is 0 Å². The molecule has 0 atom stereocenters. The van der Waals surface area contributed by atoms with E-state index in [0.717, 1.165) is 11.1 Å². The van der Waals surface area contributed by atoms with E-state index >= 15 is 0 Å². The average molecular weight is 326 g/mol. The van der Waals surface area contributed by atoms with Crippen LogP contribution >= 0.6 is 0 Å². The summed E-state index contributed by atoms with van der Waals surface area (Å²) in [5.41, 5.74) is 1.44. The molecular formula is C15H22N2O4S. The summed E-state index contributed by atoms with van der Waals surface area (Å²) in [5.74, 6) is -0.117. The largest absolute Gasteiger partial charge is 0.385 e. The maximum Gasteiger partial charge on any atom is 0.240 e. The topological polar surface area (TPSA) is 84.5 Å². The SMILES string of the molecule is COCCCNS(=O)(=O)c1cc(C)c2c(c1)C(C)(C)C(=O)N2. The first-order valence-corrected chi connectivity index (χ1v) is 8.63. The summed E-state index contributed by atoms with van der Waals surface area (Å²) in [6.07, 6.45) is 0.602. The van der Waals surface area contributed by atoms with Gasteiger partial charge < -0.3 is 10.1 Å². The van der Waals surface area contributed by atoms with Gasteiger partial charge in [0.05, 0.1) is 10.3 Å². The molecule has 0 aliphatic carbocycles. The van der Waals surface area contributed by atoms with E-state index in [-0.39, 0.29) is 10.8 Å². The molecule has 1 aromatic rings. The fourth-order valence-electron chi connectivity index (χ4n) is 2.47. The van der Waals surface area contributed by atoms with E-state index in [9.17, 15) is 13.2 Å². The van der Waals surface area contributed by atoms with E-state index in [2.05, 4.69) is 10.0 Å². The second-order valence-electron chi connectivity index (χ2n) is 5.99. The lowest BCUT2D eigenvalue weighted by atomic mass is 9.85. The van der Waals surface area contributed by atoms with Gasteiger partial charge in [0.15, 0.2) is 0 Å². The number of carbonyl (C=O) groups excluding carboxylic acids is 1. The predicted octanol–water partition coefficient (Wildman–Crippen LogP) is 1.54. The third-order valence-electron chi connectivity index (χ3n) is 3.92. The van der Waals surface area contributed by atoms with Gasteiger partial charge in [-0.25, -0.2) is 13.1 Å². The Hall–Kier alpha value is -1.44. The van der Waals surface area contributed by atoms with Crippen LogP contribution in [0.15, 0.2) is 17.0 Å². The lowest BCUT2D eigenvalue weighted by molar-refractivity contribution is -0.119. The van der Waals surface area contributed by atoms with E-state index < -0.39 is 15.4 Å². The Labute approximate surface area is 131 Å². The van der Waals surface area contributed by atoms with E-state index in [1.54, 1.807) is 40.0 Å². The number of hydrogen-bond acceptors (Lipinski definition) is 4. The van der Waals surface area contributed by atoms with Gasteiger partial charge in [-0.15, -0.1) is 0 Å². The number of fused-ring (bicyclic) bond motifs is 1. The summed E-state index contributed by atoms with van der Waals surface area (Å²) in [6.45, 7) is 6.18. The van der Waals surface area contributed by atoms with Gasteiger partial charge in [-0.1, -0.05) is 0 Å². The minimum Gasteiger partial charge on any atom is -0.385 e. The molecule has 2 rings (SSSR count). The molecule has 0 fully saturated rings. The Morgan fingerprint density at radius 3 is 2.64 bits per heavy atom. The van der Waals surface area contributed by atoms with Gasteiger partial charge in [0.1, 0.15) is 0 Å². The molecule has 0 saturated carbocycles. The van der Waals surface area contributed by atoms with Crippen molar-refractivity contribution in [2.75, 3.05) is 25.6 Å². The summed E-state index contributed by atoms with van der Waals surface area (Å²) in [7, 11) is -2.02. The molecule has 122 valence electrons. The number of nitrogens with one attached hydrogen (secondary N) is 2. The van der Waals surface area contributed by atoms with Crippen molar-refractivity contribution in [2.45, 2.75) is 37.5 Å². The fourth-order valence-corrected chi connectivity index (χ4v) is 3.65. The van der Waals surface area contributed by atoms with Gasteiger partial charge in [-0.05, 0) is 50.5 Å². The Morgan fingerprint density at radius 1 is 1.32 bits per heavy atom. The van der Waals surface area contributed by atoms with Gasteiger partial charge in [0.2, 0.25) is 15.9 Å². The molecule has 2 N–H and O–H groups in total. The van der Waals surface area contributed by atoms with Crippen LogP contribution in [0.3, 0.4) is 0 Å². The molecular weight excluding hydrogens is 304 g/mol. The molecule has 0 bridgehead atoms. The molecule has 0 saturated heterocycles. The highest BCUT2D eigenvalue weighted by Gasteiger charge is 2.40. The van der Waals surface area contributed by atoms with Crippen LogP contribution < -0.4 is 10.0 Å². The molecule has 22 heavy (non-hydrogen) atoms. The Morgan fingerprint density at radius 2 is 2.00 bits per heavy atom. The molecule has 1 aliphatic rings. The maximum atomic E-state index is 12.4. The third-order valence-corrected chi connectivity index (χ3v) is 5.36. The maximum absolute atomic E-state index is 12.4. The highest BCUT2D eigenvalue weighted by molar-refractivity contribution is 7.89. The first-order chi connectivity index (χ1) is 10.2. The summed E-state index contributed by atoms with van der Waals surface area (Å²) in [4.78, 5) is 12.2. The number of sulfonamides is 1. The number of methoxy groups -OCH3 is 1. The van der Waals surface area contributed by atoms with Crippen molar-refractivity contribution < 1.29 is 17.9 Å². The molecule has 0 radical (unpaired) electrons. The highest BCUT2D eigenvalue weighted by atomic mass is 32.2. The van der Waals surface area contributed by atoms with Crippen LogP contribution in [0.2, 0.25) is 0 Å². The van der Waals surface area contributed by atoms with Crippen LogP contribution in [0, 0.1) is 6.92 Å². The number of aryl methyl sites for hydroxylation is 1. The molecule has 6 nitrogen and oxygen atoms in total. The first kappa shape index (κ1) is 16.9. The van der Waals surface area contributed by atoms with Gasteiger partial charge in [0.25, 0.3) is 0 Å². The standard InChI is InChI=1S/C15H22N2O4S/c1-10-8-11(22(19,20)16-6-5-7-21-4)9-12-13(10)17-14(18)15(12,2)3/h8-9,16H,5-7H2,1-4H3,(H,17,18). The summed E-state index contributed by atoms with van der Waals surface area (Å²) in [5, 5.41) is 2.82. The van der Waals surface area contributed by atoms with Crippen LogP contribution in [-0.4, -0.2) is 34.6 Å². The Bertz CT molecular complexity index is 696. The zero-order chi connectivity index (χ0) is 16.5. The number of ether oxygens (including phenoxy) is 1. The third kappa shape index (κ3) is 3.02. The summed E-state index contributed by atoms with van der Waals surface area (Å²) in [6, 6.07) is 3.16. The number of rotatable bonds is 6. The molecule has 1 aromatic carbocycles. The average Bonchev–Trinajstić information content (AvgIpc) is 2.67. The van der Waals surface area contributed by atoms with Crippen molar-refractivity contribution in [3.63, 3.8) is 0 Å². The summed E-state index contributed by atoms with van der Waals surface area (Å²) >= 11 is 0. The number of anilines is 1. The monoisotopic (exact) mass is 326 g/mol. The van der Waals surface area contributed by atoms with Gasteiger partial charge in [-0.2, -0.15) is 0 Å². The molecule has 7 heteroatoms. The number of carbonyl (C=O) groups is 1. The second kappa shape index (κ2) is 5.98. The van der Waals surface area contributed by atoms with Crippen LogP contribution in [0.25, 0.3) is 0 Å². The first-order valence-electron chi connectivity index (χ1n) is 7.15. The zero-order valence-electron chi connectivity index (χ0n) is 13.3. The Kier molecular flexibility index (Phi) is 4.60.